The zero-order chi connectivity index (χ0) is 19.8. The molecular formula is C20H34N6O2. The lowest BCUT2D eigenvalue weighted by molar-refractivity contribution is -0.00545. The minimum absolute atomic E-state index is 0.226. The molecule has 0 bridgehead atoms. The molecule has 2 aliphatic rings. The average Bonchev–Trinajstić information content (AvgIpc) is 2.70. The van der Waals surface area contributed by atoms with E-state index in [2.05, 4.69) is 51.1 Å². The van der Waals surface area contributed by atoms with Gasteiger partial charge in [-0.15, -0.1) is 0 Å². The van der Waals surface area contributed by atoms with E-state index in [1.165, 1.54) is 0 Å². The number of anilines is 1. The maximum absolute atomic E-state index is 5.98. The van der Waals surface area contributed by atoms with Gasteiger partial charge in [-0.2, -0.15) is 0 Å². The Hall–Kier alpha value is -1.90. The molecule has 0 radical (unpaired) electrons. The molecule has 2 aliphatic heterocycles. The molecule has 2 atom stereocenters. The van der Waals surface area contributed by atoms with Crippen molar-refractivity contribution >= 4 is 11.8 Å². The van der Waals surface area contributed by atoms with Gasteiger partial charge in [0.25, 0.3) is 0 Å². The molecule has 1 aromatic heterocycles. The molecule has 3 rings (SSSR count). The Balaban J connectivity index is 1.38. The third-order valence-electron chi connectivity index (χ3n) is 5.05. The molecule has 2 unspecified atom stereocenters. The van der Waals surface area contributed by atoms with Crippen molar-refractivity contribution < 1.29 is 9.47 Å². The zero-order valence-corrected chi connectivity index (χ0v) is 17.1. The van der Waals surface area contributed by atoms with Crippen molar-refractivity contribution in [2.45, 2.75) is 39.0 Å². The third-order valence-corrected chi connectivity index (χ3v) is 5.05. The highest BCUT2D eigenvalue weighted by Gasteiger charge is 2.22. The Bertz CT molecular complexity index is 608. The minimum Gasteiger partial charge on any atom is -0.379 e. The van der Waals surface area contributed by atoms with Gasteiger partial charge in [0.15, 0.2) is 5.96 Å². The number of hydrogen-bond donors (Lipinski definition) is 2. The van der Waals surface area contributed by atoms with Crippen LogP contribution in [0.4, 0.5) is 5.82 Å². The Kier molecular flexibility index (Phi) is 7.88. The van der Waals surface area contributed by atoms with Gasteiger partial charge < -0.3 is 25.4 Å². The molecule has 3 heterocycles. The number of ether oxygens (including phenoxy) is 2. The fraction of sp³-hybridized carbons (Fsp3) is 0.700. The molecule has 0 saturated carbocycles. The van der Waals surface area contributed by atoms with Gasteiger partial charge >= 0.3 is 0 Å². The van der Waals surface area contributed by atoms with E-state index < -0.39 is 0 Å². The largest absolute Gasteiger partial charge is 0.379 e. The number of nitrogens with two attached hydrogens (primary N) is 1. The van der Waals surface area contributed by atoms with Gasteiger partial charge in [0.2, 0.25) is 0 Å². The predicted molar refractivity (Wildman–Crippen MR) is 112 cm³/mol. The third kappa shape index (κ3) is 6.61. The standard InChI is InChI=1S/C20H34N6O2/c1-16-14-26(15-17(2)28-16)19-5-4-18(12-23-19)13-24-20(21)22-6-3-7-25-8-10-27-11-9-25/h4-5,12,16-17H,3,6-11,13-15H2,1-2H3,(H3,21,22,24). The van der Waals surface area contributed by atoms with Gasteiger partial charge in [0.05, 0.1) is 32.0 Å². The molecule has 0 aliphatic carbocycles. The SMILES string of the molecule is CC1CN(c2ccc(CN=C(N)NCCCN3CCOCC3)cn2)CC(C)O1. The monoisotopic (exact) mass is 390 g/mol. The summed E-state index contributed by atoms with van der Waals surface area (Å²) >= 11 is 0. The van der Waals surface area contributed by atoms with Crippen LogP contribution in [0.5, 0.6) is 0 Å². The second kappa shape index (κ2) is 10.6. The van der Waals surface area contributed by atoms with Crippen LogP contribution in [0.1, 0.15) is 25.8 Å². The van der Waals surface area contributed by atoms with E-state index in [0.29, 0.717) is 12.5 Å². The molecule has 3 N–H and O–H groups in total. The number of morpholine rings is 2. The van der Waals surface area contributed by atoms with Crippen LogP contribution in [0.2, 0.25) is 0 Å². The van der Waals surface area contributed by atoms with Crippen LogP contribution in [0, 0.1) is 0 Å². The second-order valence-corrected chi connectivity index (χ2v) is 7.62. The number of aliphatic imine (C=N–C) groups is 1. The maximum atomic E-state index is 5.98. The van der Waals surface area contributed by atoms with Crippen LogP contribution in [0.25, 0.3) is 0 Å². The normalized spacial score (nSPS) is 24.4. The van der Waals surface area contributed by atoms with E-state index in [4.69, 9.17) is 15.2 Å². The molecule has 28 heavy (non-hydrogen) atoms. The first-order chi connectivity index (χ1) is 13.6. The summed E-state index contributed by atoms with van der Waals surface area (Å²) in [5.41, 5.74) is 7.03. The van der Waals surface area contributed by atoms with Crippen LogP contribution < -0.4 is 16.0 Å². The van der Waals surface area contributed by atoms with Crippen molar-refractivity contribution in [3.63, 3.8) is 0 Å². The first-order valence-corrected chi connectivity index (χ1v) is 10.3. The molecule has 0 aromatic carbocycles. The number of rotatable bonds is 7. The van der Waals surface area contributed by atoms with E-state index >= 15 is 0 Å². The Morgan fingerprint density at radius 3 is 2.68 bits per heavy atom. The molecule has 0 spiro atoms. The number of guanidine groups is 1. The summed E-state index contributed by atoms with van der Waals surface area (Å²) in [5.74, 6) is 1.48. The van der Waals surface area contributed by atoms with Gasteiger partial charge in [-0.1, -0.05) is 6.07 Å². The number of nitrogens with one attached hydrogen (secondary N) is 1. The van der Waals surface area contributed by atoms with E-state index in [1.54, 1.807) is 0 Å². The first-order valence-electron chi connectivity index (χ1n) is 10.3. The second-order valence-electron chi connectivity index (χ2n) is 7.62. The highest BCUT2D eigenvalue weighted by atomic mass is 16.5. The lowest BCUT2D eigenvalue weighted by Gasteiger charge is -2.36. The quantitative estimate of drug-likeness (QED) is 0.405. The predicted octanol–water partition coefficient (Wildman–Crippen LogP) is 0.822. The van der Waals surface area contributed by atoms with E-state index in [9.17, 15) is 0 Å². The molecule has 8 heteroatoms. The summed E-state index contributed by atoms with van der Waals surface area (Å²) in [5, 5.41) is 3.19. The lowest BCUT2D eigenvalue weighted by atomic mass is 10.2. The summed E-state index contributed by atoms with van der Waals surface area (Å²) in [4.78, 5) is 13.7. The van der Waals surface area contributed by atoms with Crippen LogP contribution in [-0.4, -0.2) is 80.5 Å². The average molecular weight is 391 g/mol. The number of aromatic nitrogens is 1. The van der Waals surface area contributed by atoms with E-state index in [-0.39, 0.29) is 12.2 Å². The lowest BCUT2D eigenvalue weighted by Crippen LogP contribution is -2.45. The zero-order valence-electron chi connectivity index (χ0n) is 17.1. The van der Waals surface area contributed by atoms with Crippen LogP contribution in [-0.2, 0) is 16.0 Å². The topological polar surface area (TPSA) is 88.2 Å². The van der Waals surface area contributed by atoms with Crippen molar-refractivity contribution in [3.05, 3.63) is 23.9 Å². The molecule has 8 nitrogen and oxygen atoms in total. The van der Waals surface area contributed by atoms with Crippen molar-refractivity contribution in [1.29, 1.82) is 0 Å². The molecule has 1 aromatic rings. The number of hydrogen-bond acceptors (Lipinski definition) is 6. The Morgan fingerprint density at radius 1 is 1.25 bits per heavy atom. The van der Waals surface area contributed by atoms with Crippen LogP contribution >= 0.6 is 0 Å². The molecule has 2 fully saturated rings. The summed E-state index contributed by atoms with van der Waals surface area (Å²) in [7, 11) is 0. The fourth-order valence-electron chi connectivity index (χ4n) is 3.64. The van der Waals surface area contributed by atoms with Gasteiger partial charge in [0.1, 0.15) is 5.82 Å². The van der Waals surface area contributed by atoms with Crippen LogP contribution in [0.3, 0.4) is 0 Å². The highest BCUT2D eigenvalue weighted by Crippen LogP contribution is 2.18. The Morgan fingerprint density at radius 2 is 2.00 bits per heavy atom. The smallest absolute Gasteiger partial charge is 0.188 e. The molecule has 0 amide bonds. The van der Waals surface area contributed by atoms with Gasteiger partial charge in [-0.3, -0.25) is 4.90 Å². The molecule has 156 valence electrons. The van der Waals surface area contributed by atoms with Crippen molar-refractivity contribution in [1.82, 2.24) is 15.2 Å². The van der Waals surface area contributed by atoms with E-state index in [0.717, 1.165) is 70.3 Å². The minimum atomic E-state index is 0.226. The van der Waals surface area contributed by atoms with Crippen molar-refractivity contribution in [2.75, 3.05) is 57.4 Å². The molecule has 2 saturated heterocycles. The maximum Gasteiger partial charge on any atom is 0.188 e. The number of pyridine rings is 1. The summed E-state index contributed by atoms with van der Waals surface area (Å²) < 4.78 is 11.1. The fourth-order valence-corrected chi connectivity index (χ4v) is 3.64. The van der Waals surface area contributed by atoms with Gasteiger partial charge in [-0.05, 0) is 38.4 Å². The van der Waals surface area contributed by atoms with Crippen LogP contribution in [0.15, 0.2) is 23.3 Å². The first kappa shape index (κ1) is 20.8. The van der Waals surface area contributed by atoms with E-state index in [1.807, 2.05) is 6.20 Å². The summed E-state index contributed by atoms with van der Waals surface area (Å²) in [6.45, 7) is 12.1. The van der Waals surface area contributed by atoms with Gasteiger partial charge in [-0.25, -0.2) is 9.98 Å². The Labute approximate surface area is 168 Å². The van der Waals surface area contributed by atoms with Crippen molar-refractivity contribution in [3.8, 4) is 0 Å². The number of nitrogens with zero attached hydrogens (tertiary/aromatic N) is 4. The summed E-state index contributed by atoms with van der Waals surface area (Å²) in [6.07, 6.45) is 3.38. The summed E-state index contributed by atoms with van der Waals surface area (Å²) in [6, 6.07) is 4.13. The van der Waals surface area contributed by atoms with Crippen molar-refractivity contribution in [2.24, 2.45) is 10.7 Å². The highest BCUT2D eigenvalue weighted by molar-refractivity contribution is 5.77. The molecular weight excluding hydrogens is 356 g/mol. The van der Waals surface area contributed by atoms with Gasteiger partial charge in [0, 0.05) is 38.9 Å².